The first-order valence-corrected chi connectivity index (χ1v) is 7.79. The Balaban J connectivity index is 2.31. The van der Waals surface area contributed by atoms with Crippen molar-refractivity contribution in [2.75, 3.05) is 13.1 Å². The average molecular weight is 284 g/mol. The molecule has 1 amide bonds. The van der Waals surface area contributed by atoms with Crippen molar-refractivity contribution in [3.63, 3.8) is 0 Å². The van der Waals surface area contributed by atoms with Gasteiger partial charge in [-0.05, 0) is 44.6 Å². The summed E-state index contributed by atoms with van der Waals surface area (Å²) in [5.74, 6) is -0.265. The molecule has 5 nitrogen and oxygen atoms in total. The van der Waals surface area contributed by atoms with E-state index in [1.807, 2.05) is 6.92 Å². The molecular formula is C15H28N2O3. The molecule has 1 aliphatic rings. The third-order valence-corrected chi connectivity index (χ3v) is 4.46. The van der Waals surface area contributed by atoms with E-state index >= 15 is 0 Å². The van der Waals surface area contributed by atoms with Gasteiger partial charge in [0.15, 0.2) is 0 Å². The Morgan fingerprint density at radius 2 is 2.10 bits per heavy atom. The standard InChI is InChI=1S/C15H28N2O3/c1-3-12(6-7-13(18)19)8-11-16-14(20)15(4-2)9-5-10-17-15/h12,17H,3-11H2,1-2H3,(H,16,20)(H,18,19). The summed E-state index contributed by atoms with van der Waals surface area (Å²) < 4.78 is 0. The molecule has 1 aliphatic heterocycles. The van der Waals surface area contributed by atoms with Crippen LogP contribution in [0.1, 0.15) is 58.8 Å². The maximum atomic E-state index is 12.3. The molecule has 0 aromatic carbocycles. The summed E-state index contributed by atoms with van der Waals surface area (Å²) in [6.45, 7) is 5.66. The predicted octanol–water partition coefficient (Wildman–Crippen LogP) is 1.92. The number of nitrogens with one attached hydrogen (secondary N) is 2. The lowest BCUT2D eigenvalue weighted by atomic mass is 9.92. The van der Waals surface area contributed by atoms with Gasteiger partial charge in [-0.25, -0.2) is 0 Å². The van der Waals surface area contributed by atoms with Crippen molar-refractivity contribution in [2.45, 2.75) is 64.3 Å². The van der Waals surface area contributed by atoms with Gasteiger partial charge in [-0.15, -0.1) is 0 Å². The Kier molecular flexibility index (Phi) is 6.99. The molecule has 0 aromatic heterocycles. The molecule has 1 rings (SSSR count). The van der Waals surface area contributed by atoms with Crippen LogP contribution < -0.4 is 10.6 Å². The third-order valence-electron chi connectivity index (χ3n) is 4.46. The lowest BCUT2D eigenvalue weighted by Gasteiger charge is -2.27. The molecule has 2 unspecified atom stereocenters. The van der Waals surface area contributed by atoms with Crippen molar-refractivity contribution in [2.24, 2.45) is 5.92 Å². The molecule has 1 heterocycles. The fourth-order valence-electron chi connectivity index (χ4n) is 2.90. The molecule has 0 aliphatic carbocycles. The van der Waals surface area contributed by atoms with E-state index in [1.165, 1.54) is 0 Å². The Labute approximate surface area is 121 Å². The minimum Gasteiger partial charge on any atom is -0.481 e. The topological polar surface area (TPSA) is 78.4 Å². The molecule has 2 atom stereocenters. The van der Waals surface area contributed by atoms with E-state index in [9.17, 15) is 9.59 Å². The van der Waals surface area contributed by atoms with Crippen LogP contribution in [0.25, 0.3) is 0 Å². The van der Waals surface area contributed by atoms with Gasteiger partial charge in [0.2, 0.25) is 5.91 Å². The summed E-state index contributed by atoms with van der Waals surface area (Å²) in [6.07, 6.45) is 5.50. The molecule has 0 aromatic rings. The number of carboxylic acids is 1. The Morgan fingerprint density at radius 1 is 1.35 bits per heavy atom. The van der Waals surface area contributed by atoms with Crippen LogP contribution in [-0.2, 0) is 9.59 Å². The first-order valence-electron chi connectivity index (χ1n) is 7.79. The largest absolute Gasteiger partial charge is 0.481 e. The van der Waals surface area contributed by atoms with E-state index in [2.05, 4.69) is 17.6 Å². The highest BCUT2D eigenvalue weighted by atomic mass is 16.4. The van der Waals surface area contributed by atoms with Gasteiger partial charge in [-0.1, -0.05) is 20.3 Å². The van der Waals surface area contributed by atoms with Crippen LogP contribution in [-0.4, -0.2) is 35.6 Å². The van der Waals surface area contributed by atoms with E-state index in [0.717, 1.165) is 38.6 Å². The normalized spacial score (nSPS) is 23.5. The molecule has 5 heteroatoms. The fourth-order valence-corrected chi connectivity index (χ4v) is 2.90. The molecule has 116 valence electrons. The monoisotopic (exact) mass is 284 g/mol. The zero-order valence-electron chi connectivity index (χ0n) is 12.7. The molecule has 0 spiro atoms. The molecule has 20 heavy (non-hydrogen) atoms. The zero-order chi connectivity index (χ0) is 15.0. The van der Waals surface area contributed by atoms with Crippen molar-refractivity contribution in [3.8, 4) is 0 Å². The molecule has 0 bridgehead atoms. The molecule has 0 radical (unpaired) electrons. The van der Waals surface area contributed by atoms with E-state index < -0.39 is 5.97 Å². The lowest BCUT2D eigenvalue weighted by molar-refractivity contribution is -0.137. The number of hydrogen-bond donors (Lipinski definition) is 3. The van der Waals surface area contributed by atoms with Gasteiger partial charge in [0, 0.05) is 13.0 Å². The van der Waals surface area contributed by atoms with E-state index in [-0.39, 0.29) is 17.9 Å². The highest BCUT2D eigenvalue weighted by Gasteiger charge is 2.38. The molecule has 3 N–H and O–H groups in total. The summed E-state index contributed by atoms with van der Waals surface area (Å²) in [5.41, 5.74) is -0.372. The van der Waals surface area contributed by atoms with E-state index in [4.69, 9.17) is 5.11 Å². The van der Waals surface area contributed by atoms with Crippen molar-refractivity contribution in [3.05, 3.63) is 0 Å². The van der Waals surface area contributed by atoms with E-state index in [0.29, 0.717) is 18.9 Å². The van der Waals surface area contributed by atoms with Crippen LogP contribution in [0.2, 0.25) is 0 Å². The van der Waals surface area contributed by atoms with Crippen molar-refractivity contribution in [1.29, 1.82) is 0 Å². The number of rotatable bonds is 9. The summed E-state index contributed by atoms with van der Waals surface area (Å²) in [5, 5.41) is 15.0. The van der Waals surface area contributed by atoms with Crippen molar-refractivity contribution >= 4 is 11.9 Å². The second kappa shape index (κ2) is 8.25. The highest BCUT2D eigenvalue weighted by Crippen LogP contribution is 2.23. The smallest absolute Gasteiger partial charge is 0.303 e. The molecular weight excluding hydrogens is 256 g/mol. The SMILES string of the molecule is CCC(CCNC(=O)C1(CC)CCCN1)CCC(=O)O. The Morgan fingerprint density at radius 3 is 2.60 bits per heavy atom. The first-order chi connectivity index (χ1) is 9.54. The number of carboxylic acid groups (broad SMARTS) is 1. The molecule has 1 saturated heterocycles. The second-order valence-corrected chi connectivity index (χ2v) is 5.72. The van der Waals surface area contributed by atoms with Crippen LogP contribution in [0.4, 0.5) is 0 Å². The van der Waals surface area contributed by atoms with Crippen LogP contribution >= 0.6 is 0 Å². The van der Waals surface area contributed by atoms with Crippen LogP contribution in [0.5, 0.6) is 0 Å². The van der Waals surface area contributed by atoms with E-state index in [1.54, 1.807) is 0 Å². The van der Waals surface area contributed by atoms with Gasteiger partial charge in [-0.2, -0.15) is 0 Å². The maximum Gasteiger partial charge on any atom is 0.303 e. The maximum absolute atomic E-state index is 12.3. The summed E-state index contributed by atoms with van der Waals surface area (Å²) in [6, 6.07) is 0. The number of amides is 1. The first kappa shape index (κ1) is 17.0. The van der Waals surface area contributed by atoms with Crippen LogP contribution in [0.3, 0.4) is 0 Å². The van der Waals surface area contributed by atoms with Gasteiger partial charge in [-0.3, -0.25) is 9.59 Å². The second-order valence-electron chi connectivity index (χ2n) is 5.72. The summed E-state index contributed by atoms with van der Waals surface area (Å²) >= 11 is 0. The third kappa shape index (κ3) is 4.78. The molecule has 1 fully saturated rings. The minimum absolute atomic E-state index is 0.102. The van der Waals surface area contributed by atoms with Gasteiger partial charge in [0.1, 0.15) is 0 Å². The van der Waals surface area contributed by atoms with Crippen molar-refractivity contribution in [1.82, 2.24) is 10.6 Å². The van der Waals surface area contributed by atoms with Crippen LogP contribution in [0, 0.1) is 5.92 Å². The minimum atomic E-state index is -0.743. The average Bonchev–Trinajstić information content (AvgIpc) is 2.92. The number of carbonyl (C=O) groups is 2. The van der Waals surface area contributed by atoms with Gasteiger partial charge < -0.3 is 15.7 Å². The predicted molar refractivity (Wildman–Crippen MR) is 78.5 cm³/mol. The summed E-state index contributed by atoms with van der Waals surface area (Å²) in [4.78, 5) is 22.8. The number of aliphatic carboxylic acids is 1. The molecule has 0 saturated carbocycles. The summed E-state index contributed by atoms with van der Waals surface area (Å²) in [7, 11) is 0. The highest BCUT2D eigenvalue weighted by molar-refractivity contribution is 5.86. The zero-order valence-corrected chi connectivity index (χ0v) is 12.7. The van der Waals surface area contributed by atoms with Crippen LogP contribution in [0.15, 0.2) is 0 Å². The Bertz CT molecular complexity index is 325. The fraction of sp³-hybridized carbons (Fsp3) is 0.867. The van der Waals surface area contributed by atoms with Gasteiger partial charge in [0.05, 0.1) is 5.54 Å². The number of hydrogen-bond acceptors (Lipinski definition) is 3. The quantitative estimate of drug-likeness (QED) is 0.604. The van der Waals surface area contributed by atoms with Gasteiger partial charge >= 0.3 is 5.97 Å². The van der Waals surface area contributed by atoms with Gasteiger partial charge in [0.25, 0.3) is 0 Å². The lowest BCUT2D eigenvalue weighted by Crippen LogP contribution is -2.53. The number of carbonyl (C=O) groups excluding carboxylic acids is 1. The Hall–Kier alpha value is -1.10. The van der Waals surface area contributed by atoms with Crippen molar-refractivity contribution < 1.29 is 14.7 Å².